The van der Waals surface area contributed by atoms with E-state index in [4.69, 9.17) is 9.47 Å². The number of nitrogens with one attached hydrogen (secondary N) is 2. The van der Waals surface area contributed by atoms with Gasteiger partial charge in [0.05, 0.1) is 0 Å². The van der Waals surface area contributed by atoms with Crippen LogP contribution in [0.25, 0.3) is 0 Å². The van der Waals surface area contributed by atoms with Crippen molar-refractivity contribution in [2.75, 3.05) is 17.2 Å². The molecule has 0 aliphatic carbocycles. The summed E-state index contributed by atoms with van der Waals surface area (Å²) in [6, 6.07) is 21.2. The van der Waals surface area contributed by atoms with Crippen molar-refractivity contribution >= 4 is 34.9 Å². The highest BCUT2D eigenvalue weighted by Crippen LogP contribution is 2.23. The molecular weight excluding hydrogens is 460 g/mol. The maximum absolute atomic E-state index is 12.2. The van der Waals surface area contributed by atoms with E-state index in [1.807, 2.05) is 31.2 Å². The first kappa shape index (κ1) is 26.2. The number of benzene rings is 3. The normalized spacial score (nSPS) is 10.3. The largest absolute Gasteiger partial charge is 0.457 e. The molecule has 0 heterocycles. The van der Waals surface area contributed by atoms with E-state index in [2.05, 4.69) is 10.6 Å². The number of ether oxygens (including phenoxy) is 2. The van der Waals surface area contributed by atoms with E-state index in [1.54, 1.807) is 48.5 Å². The van der Waals surface area contributed by atoms with E-state index in [0.29, 0.717) is 22.7 Å². The second-order valence-electron chi connectivity index (χ2n) is 8.19. The van der Waals surface area contributed by atoms with Gasteiger partial charge >= 0.3 is 5.97 Å². The minimum atomic E-state index is -0.576. The quantitative estimate of drug-likeness (QED) is 0.281. The molecule has 36 heavy (non-hydrogen) atoms. The van der Waals surface area contributed by atoms with Gasteiger partial charge in [0, 0.05) is 29.8 Å². The molecule has 0 fully saturated rings. The van der Waals surface area contributed by atoms with E-state index >= 15 is 0 Å². The summed E-state index contributed by atoms with van der Waals surface area (Å²) in [5, 5.41) is 5.34. The number of aryl methyl sites for hydroxylation is 1. The number of esters is 1. The Morgan fingerprint density at radius 1 is 0.750 bits per heavy atom. The van der Waals surface area contributed by atoms with E-state index in [1.165, 1.54) is 6.92 Å². The standard InChI is InChI=1S/C28H28N2O6/c1-19-6-3-9-25(16-19)36-24-14-12-22(13-15-24)29-26(32)10-5-11-28(34)35-18-27(33)30-23-8-4-7-21(17-23)20(2)31/h3-4,6-9,12-17H,5,10-11,18H2,1-2H3,(H,29,32)(H,30,33). The molecule has 3 aromatic rings. The summed E-state index contributed by atoms with van der Waals surface area (Å²) >= 11 is 0. The van der Waals surface area contributed by atoms with E-state index in [0.717, 1.165) is 11.3 Å². The minimum absolute atomic E-state index is 0.00376. The number of carbonyl (C=O) groups excluding carboxylic acids is 4. The molecule has 0 aliphatic heterocycles. The van der Waals surface area contributed by atoms with Crippen molar-refractivity contribution in [1.29, 1.82) is 0 Å². The van der Waals surface area contributed by atoms with Gasteiger partial charge in [-0.15, -0.1) is 0 Å². The first-order valence-electron chi connectivity index (χ1n) is 11.5. The number of rotatable bonds is 11. The molecule has 0 unspecified atom stereocenters. The van der Waals surface area contributed by atoms with Gasteiger partial charge in [-0.25, -0.2) is 0 Å². The molecule has 3 rings (SSSR count). The van der Waals surface area contributed by atoms with Crippen LogP contribution in [-0.4, -0.2) is 30.2 Å². The Balaban J connectivity index is 1.33. The van der Waals surface area contributed by atoms with Gasteiger partial charge in [0.1, 0.15) is 11.5 Å². The van der Waals surface area contributed by atoms with Crippen molar-refractivity contribution in [3.05, 3.63) is 83.9 Å². The minimum Gasteiger partial charge on any atom is -0.457 e. The van der Waals surface area contributed by atoms with Crippen LogP contribution in [0.3, 0.4) is 0 Å². The molecular formula is C28H28N2O6. The first-order valence-corrected chi connectivity index (χ1v) is 11.5. The van der Waals surface area contributed by atoms with Gasteiger partial charge in [0.15, 0.2) is 12.4 Å². The summed E-state index contributed by atoms with van der Waals surface area (Å²) in [4.78, 5) is 47.5. The summed E-state index contributed by atoms with van der Waals surface area (Å²) in [5.41, 5.74) is 2.62. The van der Waals surface area contributed by atoms with Crippen LogP contribution in [0.5, 0.6) is 11.5 Å². The van der Waals surface area contributed by atoms with Gasteiger partial charge in [0.2, 0.25) is 5.91 Å². The molecule has 0 aliphatic rings. The molecule has 2 amide bonds. The van der Waals surface area contributed by atoms with Crippen molar-refractivity contribution in [2.45, 2.75) is 33.1 Å². The Morgan fingerprint density at radius 2 is 1.47 bits per heavy atom. The summed E-state index contributed by atoms with van der Waals surface area (Å²) in [7, 11) is 0. The van der Waals surface area contributed by atoms with Crippen LogP contribution in [0.15, 0.2) is 72.8 Å². The van der Waals surface area contributed by atoms with Crippen LogP contribution in [0.2, 0.25) is 0 Å². The summed E-state index contributed by atoms with van der Waals surface area (Å²) in [5.74, 6) is -0.0658. The molecule has 0 radical (unpaired) electrons. The third-order valence-electron chi connectivity index (χ3n) is 5.07. The zero-order valence-corrected chi connectivity index (χ0v) is 20.2. The highest BCUT2D eigenvalue weighted by Gasteiger charge is 2.11. The SMILES string of the molecule is CC(=O)c1cccc(NC(=O)COC(=O)CCCC(=O)Nc2ccc(Oc3cccc(C)c3)cc2)c1. The van der Waals surface area contributed by atoms with Crippen LogP contribution in [-0.2, 0) is 19.1 Å². The third-order valence-corrected chi connectivity index (χ3v) is 5.07. The molecule has 0 saturated carbocycles. The Hall–Kier alpha value is -4.46. The van der Waals surface area contributed by atoms with Gasteiger partial charge in [-0.2, -0.15) is 0 Å². The summed E-state index contributed by atoms with van der Waals surface area (Å²) < 4.78 is 10.8. The third kappa shape index (κ3) is 8.72. The zero-order valence-electron chi connectivity index (χ0n) is 20.2. The number of Topliss-reactive ketones (excluding diaryl/α,β-unsaturated/α-hetero) is 1. The fourth-order valence-electron chi connectivity index (χ4n) is 3.27. The molecule has 3 aromatic carbocycles. The molecule has 0 aromatic heterocycles. The molecule has 186 valence electrons. The lowest BCUT2D eigenvalue weighted by Crippen LogP contribution is -2.21. The predicted octanol–water partition coefficient (Wildman–Crippen LogP) is 5.28. The van der Waals surface area contributed by atoms with Crippen LogP contribution in [0.4, 0.5) is 11.4 Å². The van der Waals surface area contributed by atoms with Crippen molar-refractivity contribution in [3.8, 4) is 11.5 Å². The molecule has 8 nitrogen and oxygen atoms in total. The lowest BCUT2D eigenvalue weighted by atomic mass is 10.1. The van der Waals surface area contributed by atoms with Gasteiger partial charge in [-0.05, 0) is 74.4 Å². The molecule has 0 atom stereocenters. The molecule has 8 heteroatoms. The second-order valence-corrected chi connectivity index (χ2v) is 8.19. The van der Waals surface area contributed by atoms with Crippen molar-refractivity contribution in [1.82, 2.24) is 0 Å². The van der Waals surface area contributed by atoms with Gasteiger partial charge < -0.3 is 20.1 Å². The van der Waals surface area contributed by atoms with Gasteiger partial charge in [0.25, 0.3) is 5.91 Å². The summed E-state index contributed by atoms with van der Waals surface area (Å²) in [6.07, 6.45) is 0.409. The fraction of sp³-hybridized carbons (Fsp3) is 0.214. The first-order chi connectivity index (χ1) is 17.3. The second kappa shape index (κ2) is 12.9. The van der Waals surface area contributed by atoms with Crippen LogP contribution in [0, 0.1) is 6.92 Å². The Bertz CT molecular complexity index is 1240. The Labute approximate surface area is 209 Å². The number of amides is 2. The van der Waals surface area contributed by atoms with Crippen LogP contribution >= 0.6 is 0 Å². The number of carbonyl (C=O) groups is 4. The van der Waals surface area contributed by atoms with Crippen molar-refractivity contribution in [2.24, 2.45) is 0 Å². The Morgan fingerprint density at radius 3 is 2.19 bits per heavy atom. The number of anilines is 2. The van der Waals surface area contributed by atoms with Crippen molar-refractivity contribution in [3.63, 3.8) is 0 Å². The zero-order chi connectivity index (χ0) is 25.9. The van der Waals surface area contributed by atoms with Gasteiger partial charge in [-0.1, -0.05) is 24.3 Å². The van der Waals surface area contributed by atoms with Gasteiger partial charge in [-0.3, -0.25) is 19.2 Å². The highest BCUT2D eigenvalue weighted by atomic mass is 16.5. The smallest absolute Gasteiger partial charge is 0.306 e. The highest BCUT2D eigenvalue weighted by molar-refractivity contribution is 5.97. The summed E-state index contributed by atoms with van der Waals surface area (Å²) in [6.45, 7) is 2.97. The molecule has 0 bridgehead atoms. The molecule has 0 saturated heterocycles. The molecule has 0 spiro atoms. The predicted molar refractivity (Wildman–Crippen MR) is 136 cm³/mol. The monoisotopic (exact) mass is 488 g/mol. The number of hydrogen-bond donors (Lipinski definition) is 2. The lowest BCUT2D eigenvalue weighted by molar-refractivity contribution is -0.147. The fourth-order valence-corrected chi connectivity index (χ4v) is 3.27. The molecule has 2 N–H and O–H groups in total. The maximum atomic E-state index is 12.2. The average Bonchev–Trinajstić information content (AvgIpc) is 2.84. The number of hydrogen-bond acceptors (Lipinski definition) is 6. The number of ketones is 1. The lowest BCUT2D eigenvalue weighted by Gasteiger charge is -2.09. The van der Waals surface area contributed by atoms with E-state index in [9.17, 15) is 19.2 Å². The van der Waals surface area contributed by atoms with Crippen molar-refractivity contribution < 1.29 is 28.7 Å². The van der Waals surface area contributed by atoms with E-state index in [-0.39, 0.29) is 31.0 Å². The topological polar surface area (TPSA) is 111 Å². The van der Waals surface area contributed by atoms with Crippen LogP contribution in [0.1, 0.15) is 42.1 Å². The average molecular weight is 489 g/mol. The van der Waals surface area contributed by atoms with E-state index < -0.39 is 18.5 Å². The maximum Gasteiger partial charge on any atom is 0.306 e. The Kier molecular flexibility index (Phi) is 9.33. The van der Waals surface area contributed by atoms with Crippen LogP contribution < -0.4 is 15.4 Å².